The maximum absolute atomic E-state index is 10.8. The van der Waals surface area contributed by atoms with Crippen molar-refractivity contribution in [3.63, 3.8) is 0 Å². The molecule has 0 aromatic heterocycles. The summed E-state index contributed by atoms with van der Waals surface area (Å²) in [5.41, 5.74) is 0.493. The van der Waals surface area contributed by atoms with Gasteiger partial charge in [0, 0.05) is 0 Å². The largest absolute Gasteiger partial charge is 0.478 e. The predicted molar refractivity (Wildman–Crippen MR) is 67.0 cm³/mol. The first kappa shape index (κ1) is 15.9. The fourth-order valence-corrected chi connectivity index (χ4v) is 1.37. The molecule has 0 spiro atoms. The van der Waals surface area contributed by atoms with Crippen molar-refractivity contribution in [2.75, 3.05) is 6.61 Å². The van der Waals surface area contributed by atoms with E-state index in [-0.39, 0.29) is 17.7 Å². The molecule has 0 amide bonds. The number of aromatic carboxylic acids is 2. The number of aliphatic hydroxyl groups excluding tert-OH is 1. The summed E-state index contributed by atoms with van der Waals surface area (Å²) >= 11 is 0. The summed E-state index contributed by atoms with van der Waals surface area (Å²) in [6.07, 6.45) is 1.82. The van der Waals surface area contributed by atoms with Crippen LogP contribution in [0.25, 0.3) is 0 Å². The van der Waals surface area contributed by atoms with Gasteiger partial charge in [0.15, 0.2) is 0 Å². The molecule has 0 heterocycles. The standard InChI is InChI=1S/C10H10O4.C3H6O/c1-2-6-7(9(11)12)4-3-5-8(6)10(13)14;1-2-3-4/h3-5H,2H2,1H3,(H,11,12)(H,13,14);2,4H,1,3H2. The van der Waals surface area contributed by atoms with Gasteiger partial charge in [0.25, 0.3) is 0 Å². The molecule has 5 nitrogen and oxygen atoms in total. The zero-order valence-corrected chi connectivity index (χ0v) is 10.1. The first-order chi connectivity index (χ1) is 8.49. The Kier molecular flexibility index (Phi) is 7.07. The molecule has 0 aliphatic heterocycles. The molecule has 0 radical (unpaired) electrons. The molecule has 0 saturated carbocycles. The Hall–Kier alpha value is -2.14. The van der Waals surface area contributed by atoms with Crippen LogP contribution < -0.4 is 0 Å². The van der Waals surface area contributed by atoms with Crippen LogP contribution in [0.5, 0.6) is 0 Å². The number of carboxylic acids is 2. The SMILES string of the molecule is C=CCO.CCc1c(C(=O)O)cccc1C(=O)O. The Morgan fingerprint density at radius 3 is 1.83 bits per heavy atom. The van der Waals surface area contributed by atoms with Crippen LogP contribution in [0, 0.1) is 0 Å². The average Bonchev–Trinajstić information content (AvgIpc) is 2.37. The summed E-state index contributed by atoms with van der Waals surface area (Å²) in [6.45, 7) is 5.04. The van der Waals surface area contributed by atoms with Gasteiger partial charge in [0.1, 0.15) is 0 Å². The molecule has 0 aliphatic carbocycles. The van der Waals surface area contributed by atoms with Crippen LogP contribution in [0.2, 0.25) is 0 Å². The van der Waals surface area contributed by atoms with Crippen LogP contribution in [0.3, 0.4) is 0 Å². The number of rotatable bonds is 4. The van der Waals surface area contributed by atoms with Crippen molar-refractivity contribution < 1.29 is 24.9 Å². The van der Waals surface area contributed by atoms with E-state index in [1.54, 1.807) is 6.92 Å². The van der Waals surface area contributed by atoms with E-state index in [4.69, 9.17) is 15.3 Å². The fourth-order valence-electron chi connectivity index (χ4n) is 1.37. The Morgan fingerprint density at radius 1 is 1.22 bits per heavy atom. The van der Waals surface area contributed by atoms with Gasteiger partial charge in [-0.1, -0.05) is 19.1 Å². The van der Waals surface area contributed by atoms with Crippen molar-refractivity contribution in [3.8, 4) is 0 Å². The number of carboxylic acid groups (broad SMARTS) is 2. The molecular weight excluding hydrogens is 236 g/mol. The van der Waals surface area contributed by atoms with Crippen LogP contribution in [0.4, 0.5) is 0 Å². The van der Waals surface area contributed by atoms with E-state index in [0.717, 1.165) is 0 Å². The molecule has 1 rings (SSSR count). The minimum Gasteiger partial charge on any atom is -0.478 e. The van der Waals surface area contributed by atoms with Crippen molar-refractivity contribution in [2.24, 2.45) is 0 Å². The molecule has 3 N–H and O–H groups in total. The summed E-state index contributed by atoms with van der Waals surface area (Å²) in [5, 5.41) is 25.4. The quantitative estimate of drug-likeness (QED) is 0.710. The zero-order chi connectivity index (χ0) is 14.1. The third-order valence-corrected chi connectivity index (χ3v) is 2.12. The van der Waals surface area contributed by atoms with Crippen molar-refractivity contribution >= 4 is 11.9 Å². The second-order valence-corrected chi connectivity index (χ2v) is 3.27. The zero-order valence-electron chi connectivity index (χ0n) is 10.1. The Labute approximate surface area is 105 Å². The molecule has 0 unspecified atom stereocenters. The first-order valence-electron chi connectivity index (χ1n) is 5.29. The highest BCUT2D eigenvalue weighted by atomic mass is 16.4. The van der Waals surface area contributed by atoms with E-state index in [1.807, 2.05) is 0 Å². The summed E-state index contributed by atoms with van der Waals surface area (Å²) in [5.74, 6) is -2.19. The van der Waals surface area contributed by atoms with Crippen molar-refractivity contribution in [2.45, 2.75) is 13.3 Å². The normalized spacial score (nSPS) is 9.00. The summed E-state index contributed by atoms with van der Waals surface area (Å²) in [6, 6.07) is 4.26. The van der Waals surface area contributed by atoms with Gasteiger partial charge in [-0.25, -0.2) is 9.59 Å². The van der Waals surface area contributed by atoms with Gasteiger partial charge in [-0.05, 0) is 24.1 Å². The molecule has 0 fully saturated rings. The van der Waals surface area contributed by atoms with Gasteiger partial charge in [-0.2, -0.15) is 0 Å². The minimum absolute atomic E-state index is 0.0624. The number of benzene rings is 1. The summed E-state index contributed by atoms with van der Waals surface area (Å²) < 4.78 is 0. The lowest BCUT2D eigenvalue weighted by molar-refractivity contribution is 0.0695. The molecule has 0 saturated heterocycles. The summed E-state index contributed by atoms with van der Waals surface area (Å²) in [7, 11) is 0. The van der Waals surface area contributed by atoms with E-state index in [0.29, 0.717) is 12.0 Å². The monoisotopic (exact) mass is 252 g/mol. The Bertz CT molecular complexity index is 405. The molecule has 1 aromatic carbocycles. The van der Waals surface area contributed by atoms with Gasteiger partial charge in [0.05, 0.1) is 17.7 Å². The topological polar surface area (TPSA) is 94.8 Å². The van der Waals surface area contributed by atoms with Crippen molar-refractivity contribution in [1.29, 1.82) is 0 Å². The second kappa shape index (κ2) is 8.03. The van der Waals surface area contributed by atoms with E-state index in [2.05, 4.69) is 6.58 Å². The Balaban J connectivity index is 0.000000631. The van der Waals surface area contributed by atoms with Gasteiger partial charge < -0.3 is 15.3 Å². The highest BCUT2D eigenvalue weighted by Gasteiger charge is 2.15. The predicted octanol–water partition coefficient (Wildman–Crippen LogP) is 1.81. The number of aliphatic hydroxyl groups is 1. The van der Waals surface area contributed by atoms with Crippen molar-refractivity contribution in [3.05, 3.63) is 47.5 Å². The number of carbonyl (C=O) groups is 2. The van der Waals surface area contributed by atoms with E-state index in [1.165, 1.54) is 24.3 Å². The van der Waals surface area contributed by atoms with Crippen LogP contribution in [0.1, 0.15) is 33.2 Å². The van der Waals surface area contributed by atoms with Gasteiger partial charge in [-0.15, -0.1) is 6.58 Å². The van der Waals surface area contributed by atoms with Crippen molar-refractivity contribution in [1.82, 2.24) is 0 Å². The molecule has 0 bridgehead atoms. The van der Waals surface area contributed by atoms with Crippen LogP contribution in [0.15, 0.2) is 30.9 Å². The van der Waals surface area contributed by atoms with E-state index < -0.39 is 11.9 Å². The van der Waals surface area contributed by atoms with Gasteiger partial charge in [-0.3, -0.25) is 0 Å². The highest BCUT2D eigenvalue weighted by molar-refractivity contribution is 5.96. The molecule has 5 heteroatoms. The lowest BCUT2D eigenvalue weighted by Gasteiger charge is -2.06. The van der Waals surface area contributed by atoms with Gasteiger partial charge in [0.2, 0.25) is 0 Å². The van der Waals surface area contributed by atoms with Crippen LogP contribution in [-0.2, 0) is 6.42 Å². The molecule has 98 valence electrons. The average molecular weight is 252 g/mol. The third-order valence-electron chi connectivity index (χ3n) is 2.12. The number of hydrogen-bond acceptors (Lipinski definition) is 3. The van der Waals surface area contributed by atoms with E-state index >= 15 is 0 Å². The lowest BCUT2D eigenvalue weighted by atomic mass is 9.99. The second-order valence-electron chi connectivity index (χ2n) is 3.27. The third kappa shape index (κ3) is 4.39. The molecule has 0 aliphatic rings. The molecule has 1 aromatic rings. The fraction of sp³-hybridized carbons (Fsp3) is 0.231. The lowest BCUT2D eigenvalue weighted by Crippen LogP contribution is -2.08. The van der Waals surface area contributed by atoms with Crippen LogP contribution >= 0.6 is 0 Å². The number of hydrogen-bond donors (Lipinski definition) is 3. The van der Waals surface area contributed by atoms with Gasteiger partial charge >= 0.3 is 11.9 Å². The van der Waals surface area contributed by atoms with Crippen LogP contribution in [-0.4, -0.2) is 33.9 Å². The smallest absolute Gasteiger partial charge is 0.335 e. The minimum atomic E-state index is -1.09. The summed E-state index contributed by atoms with van der Waals surface area (Å²) in [4.78, 5) is 21.5. The highest BCUT2D eigenvalue weighted by Crippen LogP contribution is 2.15. The molecular formula is C13H16O5. The maximum Gasteiger partial charge on any atom is 0.335 e. The Morgan fingerprint density at radius 2 is 1.61 bits per heavy atom. The molecule has 18 heavy (non-hydrogen) atoms. The van der Waals surface area contributed by atoms with E-state index in [9.17, 15) is 9.59 Å². The maximum atomic E-state index is 10.8. The molecule has 0 atom stereocenters. The first-order valence-corrected chi connectivity index (χ1v) is 5.29.